The topological polar surface area (TPSA) is 796 Å². The van der Waals surface area contributed by atoms with Gasteiger partial charge in [-0.3, -0.25) is 79.5 Å². The van der Waals surface area contributed by atoms with Crippen molar-refractivity contribution in [1.82, 2.24) is 66.8 Å². The minimum absolute atomic E-state index is 0.0520. The van der Waals surface area contributed by atoms with Crippen LogP contribution in [0.3, 0.4) is 0 Å². The van der Waals surface area contributed by atoms with Crippen LogP contribution in [0.5, 0.6) is 69.0 Å². The molecular weight excluding hydrogens is 2170 g/mol. The van der Waals surface area contributed by atoms with E-state index >= 15 is 0 Å². The molecule has 0 unspecified atom stereocenters. The van der Waals surface area contributed by atoms with Crippen LogP contribution in [-0.4, -0.2) is 351 Å². The molecule has 2 aromatic heterocycles. The molecule has 0 radical (unpaired) electrons. The van der Waals surface area contributed by atoms with Gasteiger partial charge < -0.3 is 78.1 Å². The highest BCUT2D eigenvalue weighted by molar-refractivity contribution is 7.87. The Bertz CT molecular complexity index is 6080. The number of rotatable bonds is 79. The zero-order chi connectivity index (χ0) is 110. The van der Waals surface area contributed by atoms with Crippen LogP contribution in [0.1, 0.15) is 175 Å². The molecule has 0 spiro atoms. The Balaban J connectivity index is 1.01. The van der Waals surface area contributed by atoms with Gasteiger partial charge in [0.2, 0.25) is 23.0 Å². The highest BCUT2D eigenvalue weighted by Gasteiger charge is 2.29. The largest absolute Gasteiger partial charge is 0.490 e. The van der Waals surface area contributed by atoms with Crippen LogP contribution in [0.15, 0.2) is 72.8 Å². The minimum Gasteiger partial charge on any atom is -0.490 e. The van der Waals surface area contributed by atoms with Crippen molar-refractivity contribution in [2.75, 3.05) is 171 Å². The van der Waals surface area contributed by atoms with Crippen LogP contribution in [0.4, 0.5) is 0 Å². The maximum atomic E-state index is 13.9. The molecule has 1 aliphatic rings. The fourth-order valence-corrected chi connectivity index (χ4v) is 17.4. The molecule has 1 aliphatic heterocycles. The van der Waals surface area contributed by atoms with Gasteiger partial charge in [-0.25, -0.2) is 0 Å². The van der Waals surface area contributed by atoms with Gasteiger partial charge in [-0.1, -0.05) is 17.4 Å². The number of hydrogen-bond acceptors (Lipinski definition) is 41. The normalized spacial score (nSPS) is 12.8. The number of amides is 4. The number of hydrogen-bond donors (Lipinski definition) is 14. The molecule has 7 rings (SSSR count). The van der Waals surface area contributed by atoms with E-state index in [4.69, 9.17) is 56.8 Å². The summed E-state index contributed by atoms with van der Waals surface area (Å²) in [4.78, 5) is 55.1. The van der Waals surface area contributed by atoms with Gasteiger partial charge in [0.15, 0.2) is 46.0 Å². The van der Waals surface area contributed by atoms with E-state index in [-0.39, 0.29) is 235 Å². The molecule has 3 heterocycles. The van der Waals surface area contributed by atoms with Gasteiger partial charge in [0.05, 0.1) is 118 Å². The summed E-state index contributed by atoms with van der Waals surface area (Å²) < 4.78 is 365. The molecule has 0 aliphatic carbocycles. The Kier molecular flexibility index (Phi) is 51.2. The Morgan fingerprint density at radius 3 is 0.779 bits per heavy atom. The highest BCUT2D eigenvalue weighted by Crippen LogP contribution is 2.44. The summed E-state index contributed by atoms with van der Waals surface area (Å²) in [5, 5.41) is 31.9. The van der Waals surface area contributed by atoms with Crippen molar-refractivity contribution in [3.8, 4) is 69.0 Å². The lowest BCUT2D eigenvalue weighted by atomic mass is 10.1. The van der Waals surface area contributed by atoms with Gasteiger partial charge in [0.1, 0.15) is 24.7 Å². The molecular formula is C84H127N13O43S9. The average molecular weight is 2300 g/mol. The standard InChI is InChI=1S/C84H127N13O43S9/c1-3-23-85-81(98)62-51-69(129-30-7-4-20-66-59-95(91-89-66)27-10-24-86-82(99)64-55-73(133-35-15-44-143(108,109)110)79(139-40-49-148(123,124)125)74(56-64)134-36-16-45-144(111,112)113)77(137-32-9-6-22-68-61-97(93-94(68)2)29-12-26-88-84(101)63-53-71(131-33-13-42-141(102,103)104)78(138-39-19-48-147(120,121)122)72(54-63)132-34-14-43-142(105,106)107)70(52-62)130-31-8-5-21-67-60-96(92-90-67)28-11-25-87-83(100)65-57-75(135-37-17-46-145(114,115)116)80(140-41-50-149(126,127)128)76(58-65)136-38-18-47-146(117,118)119/h51-61,93H,3-50H2,1-2H3,(H,85,98)(H,86,99)(H,87,100)(H,88,101)(H,102,103,104)(H,105,106,107)(H,108,109,110)(H,111,112,113)(H,114,115,116)(H,117,118,119)(H,120,121,122)(H,123,124,125)(H,126,127,128). The van der Waals surface area contributed by atoms with E-state index < -0.39 is 180 Å². The minimum atomic E-state index is -4.57. The Morgan fingerprint density at radius 2 is 0.517 bits per heavy atom. The quantitative estimate of drug-likeness (QED) is 0.0192. The zero-order valence-electron chi connectivity index (χ0n) is 81.4. The van der Waals surface area contributed by atoms with Gasteiger partial charge in [0.25, 0.3) is 115 Å². The first-order valence-corrected chi connectivity index (χ1v) is 61.2. The molecule has 6 aromatic rings. The number of nitrogens with zero attached hydrogens (tertiary/aromatic N) is 8. The first-order chi connectivity index (χ1) is 70.0. The second kappa shape index (κ2) is 61.0. The number of aromatic nitrogens is 6. The van der Waals surface area contributed by atoms with E-state index in [1.54, 1.807) is 38.9 Å². The van der Waals surface area contributed by atoms with E-state index in [1.165, 1.54) is 36.4 Å². The Labute approximate surface area is 863 Å². The van der Waals surface area contributed by atoms with Gasteiger partial charge >= 0.3 is 0 Å². The summed E-state index contributed by atoms with van der Waals surface area (Å²) >= 11 is 0. The van der Waals surface area contributed by atoms with E-state index in [0.717, 1.165) is 5.70 Å². The SMILES string of the molecule is CCCNC(=O)c1cc(OCCCCc2cn(CCCNC(=O)c3cc(OCCCS(=O)(=O)O)c(OCCS(=O)(=O)O)c(OCCCS(=O)(=O)O)c3)nn2)c(OCCCCC2=CN(CCCNC(=O)c3cc(OCCCS(=O)(=O)O)c(OCCCS(=O)(=O)O)c(OCCCS(=O)(=O)O)c3)NN2C)c(OCCCCc2cn(CCCNC(=O)c3cc(OCCCS(=O)(=O)O)c(OCCS(=O)(=O)O)c(OCCCS(=O)(=O)O)c3)nn2)c1. The Hall–Kier alpha value is -10.9. The molecule has 0 atom stereocenters. The number of unbranched alkanes of at least 4 members (excludes halogenated alkanes) is 3. The fourth-order valence-electron chi connectivity index (χ4n) is 13.5. The monoisotopic (exact) mass is 2290 g/mol. The van der Waals surface area contributed by atoms with Crippen molar-refractivity contribution in [3.05, 3.63) is 106 Å². The number of carbonyl (C=O) groups excluding carboxylic acids is 4. The lowest BCUT2D eigenvalue weighted by molar-refractivity contribution is 0.0941. The molecule has 4 aromatic carbocycles. The van der Waals surface area contributed by atoms with Gasteiger partial charge in [-0.05, 0) is 177 Å². The zero-order valence-corrected chi connectivity index (χ0v) is 88.8. The highest BCUT2D eigenvalue weighted by atomic mass is 32.3. The van der Waals surface area contributed by atoms with Gasteiger partial charge in [0, 0.05) is 99.4 Å². The molecule has 65 heteroatoms. The summed E-state index contributed by atoms with van der Waals surface area (Å²) in [6.07, 6.45) is 9.53. The van der Waals surface area contributed by atoms with Crippen LogP contribution in [0.2, 0.25) is 0 Å². The number of nitrogens with one attached hydrogen (secondary N) is 5. The average Bonchev–Trinajstić information content (AvgIpc) is 1.40. The maximum Gasteiger partial charge on any atom is 0.268 e. The van der Waals surface area contributed by atoms with Crippen LogP contribution in [-0.2, 0) is 117 Å². The smallest absolute Gasteiger partial charge is 0.268 e. The number of allylic oxidation sites excluding steroid dienone is 1. The molecule has 14 N–H and O–H groups in total. The summed E-state index contributed by atoms with van der Waals surface area (Å²) in [6.45, 7) is -0.324. The van der Waals surface area contributed by atoms with E-state index in [0.29, 0.717) is 108 Å². The van der Waals surface area contributed by atoms with Gasteiger partial charge in [-0.2, -0.15) is 75.8 Å². The number of ether oxygens (including phenoxy) is 12. The fraction of sp³-hybridized carbons (Fsp3) is 0.595. The van der Waals surface area contributed by atoms with E-state index in [1.807, 2.05) is 25.2 Å². The molecule has 149 heavy (non-hydrogen) atoms. The van der Waals surface area contributed by atoms with Crippen LogP contribution >= 0.6 is 0 Å². The van der Waals surface area contributed by atoms with Gasteiger partial charge in [-0.15, -0.1) is 15.7 Å². The second-order valence-corrected chi connectivity index (χ2v) is 47.5. The van der Waals surface area contributed by atoms with E-state index in [2.05, 4.69) is 47.4 Å². The Morgan fingerprint density at radius 1 is 0.289 bits per heavy atom. The van der Waals surface area contributed by atoms with Crippen molar-refractivity contribution in [2.45, 2.75) is 148 Å². The van der Waals surface area contributed by atoms with Crippen molar-refractivity contribution >= 4 is 115 Å². The number of aryl methyl sites for hydroxylation is 4. The number of hydrazine groups is 2. The number of carbonyl (C=O) groups is 4. The molecule has 0 saturated carbocycles. The first kappa shape index (κ1) is 125. The lowest BCUT2D eigenvalue weighted by Crippen LogP contribution is -2.39. The summed E-state index contributed by atoms with van der Waals surface area (Å²) in [5.41, 5.74) is 5.22. The van der Waals surface area contributed by atoms with Crippen molar-refractivity contribution in [1.29, 1.82) is 0 Å². The summed E-state index contributed by atoms with van der Waals surface area (Å²) in [7, 11) is -38.3. The molecule has 0 saturated heterocycles. The molecule has 0 fully saturated rings. The predicted octanol–water partition coefficient (Wildman–Crippen LogP) is 3.46. The first-order valence-electron chi connectivity index (χ1n) is 46.7. The third kappa shape index (κ3) is 52.6. The molecule has 0 bridgehead atoms. The molecule has 4 amide bonds. The summed E-state index contributed by atoms with van der Waals surface area (Å²) in [6, 6.07) is 10.3. The van der Waals surface area contributed by atoms with Crippen molar-refractivity contribution in [2.24, 2.45) is 0 Å². The molecule has 56 nitrogen and oxygen atoms in total. The third-order valence-electron chi connectivity index (χ3n) is 20.5. The van der Waals surface area contributed by atoms with Crippen LogP contribution in [0, 0.1) is 0 Å². The maximum absolute atomic E-state index is 13.9. The van der Waals surface area contributed by atoms with Crippen LogP contribution in [0.25, 0.3) is 0 Å². The lowest BCUT2D eigenvalue weighted by Gasteiger charge is -2.21. The van der Waals surface area contributed by atoms with Crippen molar-refractivity contribution < 1.29 is 193 Å². The third-order valence-corrected chi connectivity index (χ3v) is 27.4. The van der Waals surface area contributed by atoms with Crippen LogP contribution < -0.4 is 83.6 Å². The van der Waals surface area contributed by atoms with E-state index in [9.17, 15) is 136 Å². The summed E-state index contributed by atoms with van der Waals surface area (Å²) in [5.74, 6) is -11.0. The molecule has 840 valence electrons. The predicted molar refractivity (Wildman–Crippen MR) is 531 cm³/mol. The van der Waals surface area contributed by atoms with Crippen molar-refractivity contribution in [3.63, 3.8) is 0 Å². The second-order valence-electron chi connectivity index (χ2n) is 33.3. The number of benzene rings is 4.